The van der Waals surface area contributed by atoms with Gasteiger partial charge in [-0.1, -0.05) is 0 Å². The van der Waals surface area contributed by atoms with E-state index in [1.807, 2.05) is 0 Å². The molecule has 8 heteroatoms. The number of aromatic carboxylic acids is 1. The number of benzene rings is 1. The lowest BCUT2D eigenvalue weighted by Crippen LogP contribution is -2.39. The molecule has 1 atom stereocenters. The zero-order valence-electron chi connectivity index (χ0n) is 11.5. The van der Waals surface area contributed by atoms with Gasteiger partial charge in [-0.15, -0.1) is 0 Å². The molecule has 0 aliphatic carbocycles. The molecule has 21 heavy (non-hydrogen) atoms. The fourth-order valence-electron chi connectivity index (χ4n) is 2.20. The Morgan fingerprint density at radius 1 is 1.62 bits per heavy atom. The molecular weight excluding hydrogens is 280 g/mol. The normalized spacial score (nSPS) is 21.2. The molecule has 8 nitrogen and oxygen atoms in total. The third-order valence-corrected chi connectivity index (χ3v) is 3.54. The summed E-state index contributed by atoms with van der Waals surface area (Å²) in [6.07, 6.45) is 0.731. The maximum absolute atomic E-state index is 11.1. The van der Waals surface area contributed by atoms with Crippen molar-refractivity contribution < 1.29 is 24.3 Å². The van der Waals surface area contributed by atoms with Crippen molar-refractivity contribution in [3.63, 3.8) is 0 Å². The molecule has 0 saturated carbocycles. The fraction of sp³-hybridized carbons (Fsp3) is 0.462. The van der Waals surface area contributed by atoms with E-state index in [0.717, 1.165) is 6.42 Å². The summed E-state index contributed by atoms with van der Waals surface area (Å²) in [5.74, 6) is -1.34. The summed E-state index contributed by atoms with van der Waals surface area (Å²) < 4.78 is 10.8. The van der Waals surface area contributed by atoms with Crippen molar-refractivity contribution in [1.82, 2.24) is 0 Å². The Morgan fingerprint density at radius 3 is 2.90 bits per heavy atom. The van der Waals surface area contributed by atoms with E-state index in [9.17, 15) is 14.9 Å². The maximum atomic E-state index is 11.1. The number of carboxylic acids is 1. The van der Waals surface area contributed by atoms with Gasteiger partial charge in [-0.05, 0) is 12.1 Å². The lowest BCUT2D eigenvalue weighted by Gasteiger charge is -2.26. The van der Waals surface area contributed by atoms with Gasteiger partial charge >= 0.3 is 5.97 Å². The highest BCUT2D eigenvalue weighted by Crippen LogP contribution is 2.26. The number of ether oxygens (including phenoxy) is 2. The van der Waals surface area contributed by atoms with Crippen molar-refractivity contribution in [2.24, 2.45) is 0 Å². The predicted octanol–water partition coefficient (Wildman–Crippen LogP) is 1.51. The lowest BCUT2D eigenvalue weighted by atomic mass is 10.0. The number of carbonyl (C=O) groups is 1. The van der Waals surface area contributed by atoms with Gasteiger partial charge in [-0.2, -0.15) is 0 Å². The minimum atomic E-state index is -1.34. The molecular formula is C13H16N2O6. The van der Waals surface area contributed by atoms with Crippen molar-refractivity contribution in [2.75, 3.05) is 32.2 Å². The van der Waals surface area contributed by atoms with E-state index in [-0.39, 0.29) is 5.56 Å². The van der Waals surface area contributed by atoms with Crippen LogP contribution in [0.3, 0.4) is 0 Å². The van der Waals surface area contributed by atoms with Crippen LogP contribution >= 0.6 is 0 Å². The summed E-state index contributed by atoms with van der Waals surface area (Å²) in [5.41, 5.74) is -0.746. The molecule has 0 amide bonds. The molecule has 1 heterocycles. The SMILES string of the molecule is COC1(CNc2ccc([N+](=O)[O-])c(C(=O)O)c2)CCOC1. The highest BCUT2D eigenvalue weighted by molar-refractivity contribution is 5.93. The van der Waals surface area contributed by atoms with Gasteiger partial charge in [0, 0.05) is 38.4 Å². The zero-order chi connectivity index (χ0) is 15.5. The van der Waals surface area contributed by atoms with Gasteiger partial charge in [0.15, 0.2) is 0 Å². The first-order chi connectivity index (χ1) is 9.97. The monoisotopic (exact) mass is 296 g/mol. The van der Waals surface area contributed by atoms with Gasteiger partial charge in [-0.3, -0.25) is 10.1 Å². The standard InChI is InChI=1S/C13H16N2O6/c1-20-13(4-5-21-8-13)7-14-9-2-3-11(15(18)19)10(6-9)12(16)17/h2-3,6,14H,4-5,7-8H2,1H3,(H,16,17). The second-order valence-electron chi connectivity index (χ2n) is 4.84. The molecule has 0 aromatic heterocycles. The molecule has 1 fully saturated rings. The second kappa shape index (κ2) is 6.06. The Bertz CT molecular complexity index is 554. The van der Waals surface area contributed by atoms with Crippen LogP contribution in [0.25, 0.3) is 0 Å². The molecule has 0 spiro atoms. The Balaban J connectivity index is 2.15. The first-order valence-corrected chi connectivity index (χ1v) is 6.36. The highest BCUT2D eigenvalue weighted by atomic mass is 16.6. The van der Waals surface area contributed by atoms with Crippen LogP contribution in [0.2, 0.25) is 0 Å². The Hall–Kier alpha value is -2.19. The first-order valence-electron chi connectivity index (χ1n) is 6.36. The number of rotatable bonds is 6. The fourth-order valence-corrected chi connectivity index (χ4v) is 2.20. The molecule has 1 aromatic carbocycles. The second-order valence-corrected chi connectivity index (χ2v) is 4.84. The summed E-state index contributed by atoms with van der Waals surface area (Å²) in [4.78, 5) is 21.2. The number of nitro groups is 1. The van der Waals surface area contributed by atoms with E-state index in [2.05, 4.69) is 5.32 Å². The number of anilines is 1. The van der Waals surface area contributed by atoms with Crippen LogP contribution in [0.1, 0.15) is 16.8 Å². The summed E-state index contributed by atoms with van der Waals surface area (Å²) in [6.45, 7) is 1.49. The summed E-state index contributed by atoms with van der Waals surface area (Å²) in [6, 6.07) is 3.90. The number of carboxylic acid groups (broad SMARTS) is 1. The van der Waals surface area contributed by atoms with Crippen LogP contribution in [0.4, 0.5) is 11.4 Å². The molecule has 0 radical (unpaired) electrons. The predicted molar refractivity (Wildman–Crippen MR) is 73.7 cm³/mol. The van der Waals surface area contributed by atoms with Gasteiger partial charge in [-0.25, -0.2) is 4.79 Å². The summed E-state index contributed by atoms with van der Waals surface area (Å²) in [7, 11) is 1.59. The number of nitro benzene ring substituents is 1. The van der Waals surface area contributed by atoms with Crippen molar-refractivity contribution in [3.8, 4) is 0 Å². The van der Waals surface area contributed by atoms with Crippen molar-refractivity contribution in [1.29, 1.82) is 0 Å². The van der Waals surface area contributed by atoms with E-state index >= 15 is 0 Å². The maximum Gasteiger partial charge on any atom is 0.342 e. The molecule has 0 bridgehead atoms. The van der Waals surface area contributed by atoms with Crippen LogP contribution in [0, 0.1) is 10.1 Å². The lowest BCUT2D eigenvalue weighted by molar-refractivity contribution is -0.385. The number of hydrogen-bond acceptors (Lipinski definition) is 6. The van der Waals surface area contributed by atoms with Crippen LogP contribution in [-0.4, -0.2) is 48.5 Å². The Morgan fingerprint density at radius 2 is 2.38 bits per heavy atom. The Kier molecular flexibility index (Phi) is 4.39. The molecule has 1 aliphatic heterocycles. The topological polar surface area (TPSA) is 111 Å². The number of hydrogen-bond donors (Lipinski definition) is 2. The largest absolute Gasteiger partial charge is 0.477 e. The summed E-state index contributed by atoms with van der Waals surface area (Å²) in [5, 5.41) is 22.9. The van der Waals surface area contributed by atoms with Crippen molar-refractivity contribution in [2.45, 2.75) is 12.0 Å². The van der Waals surface area contributed by atoms with Crippen LogP contribution in [0.15, 0.2) is 18.2 Å². The van der Waals surface area contributed by atoms with E-state index < -0.39 is 22.2 Å². The van der Waals surface area contributed by atoms with Gasteiger partial charge in [0.05, 0.1) is 11.5 Å². The molecule has 2 N–H and O–H groups in total. The minimum absolute atomic E-state index is 0.348. The van der Waals surface area contributed by atoms with Gasteiger partial charge < -0.3 is 19.9 Å². The number of nitrogens with one attached hydrogen (secondary N) is 1. The van der Waals surface area contributed by atoms with E-state index in [0.29, 0.717) is 25.4 Å². The highest BCUT2D eigenvalue weighted by Gasteiger charge is 2.34. The van der Waals surface area contributed by atoms with Crippen molar-refractivity contribution >= 4 is 17.3 Å². The average molecular weight is 296 g/mol. The molecule has 2 rings (SSSR count). The summed E-state index contributed by atoms with van der Waals surface area (Å²) >= 11 is 0. The van der Waals surface area contributed by atoms with E-state index in [4.69, 9.17) is 14.6 Å². The third-order valence-electron chi connectivity index (χ3n) is 3.54. The average Bonchev–Trinajstić information content (AvgIpc) is 2.94. The number of methoxy groups -OCH3 is 1. The molecule has 1 saturated heterocycles. The van der Waals surface area contributed by atoms with Crippen LogP contribution < -0.4 is 5.32 Å². The van der Waals surface area contributed by atoms with E-state index in [1.165, 1.54) is 18.2 Å². The smallest absolute Gasteiger partial charge is 0.342 e. The molecule has 1 unspecified atom stereocenters. The first kappa shape index (κ1) is 15.2. The van der Waals surface area contributed by atoms with Gasteiger partial charge in [0.2, 0.25) is 0 Å². The number of nitrogens with zero attached hydrogens (tertiary/aromatic N) is 1. The third kappa shape index (κ3) is 3.29. The minimum Gasteiger partial charge on any atom is -0.477 e. The van der Waals surface area contributed by atoms with Gasteiger partial charge in [0.1, 0.15) is 11.2 Å². The van der Waals surface area contributed by atoms with Crippen molar-refractivity contribution in [3.05, 3.63) is 33.9 Å². The van der Waals surface area contributed by atoms with E-state index in [1.54, 1.807) is 7.11 Å². The van der Waals surface area contributed by atoms with Crippen LogP contribution in [0.5, 0.6) is 0 Å². The molecule has 1 aliphatic rings. The Labute approximate surface area is 120 Å². The molecule has 114 valence electrons. The quantitative estimate of drug-likeness (QED) is 0.604. The van der Waals surface area contributed by atoms with Crippen LogP contribution in [-0.2, 0) is 9.47 Å². The van der Waals surface area contributed by atoms with Gasteiger partial charge in [0.25, 0.3) is 5.69 Å². The molecule has 1 aromatic rings. The zero-order valence-corrected chi connectivity index (χ0v) is 11.5.